The molecule has 2 heterocycles. The number of methoxy groups -OCH3 is 1. The van der Waals surface area contributed by atoms with Crippen LogP contribution in [0.1, 0.15) is 50.8 Å². The smallest absolute Gasteiger partial charge is 0.303 e. The highest BCUT2D eigenvalue weighted by molar-refractivity contribution is 5.74. The maximum atomic E-state index is 12.7. The quantitative estimate of drug-likeness (QED) is 0.141. The van der Waals surface area contributed by atoms with Gasteiger partial charge in [0.15, 0.2) is 18.5 Å². The van der Waals surface area contributed by atoms with Crippen LogP contribution >= 0.6 is 0 Å². The molecule has 5 rings (SSSR count). The predicted octanol–water partition coefficient (Wildman–Crippen LogP) is 3.56. The Bertz CT molecular complexity index is 1750. The van der Waals surface area contributed by atoms with E-state index in [-0.39, 0.29) is 26.2 Å². The van der Waals surface area contributed by atoms with Crippen LogP contribution in [0.2, 0.25) is 0 Å². The number of esters is 3. The number of hydrogen-bond acceptors (Lipinski definition) is 14. The van der Waals surface area contributed by atoms with Crippen molar-refractivity contribution in [3.8, 4) is 0 Å². The van der Waals surface area contributed by atoms with E-state index in [9.17, 15) is 24.3 Å². The summed E-state index contributed by atoms with van der Waals surface area (Å²) in [5, 5.41) is 14.9. The van der Waals surface area contributed by atoms with E-state index < -0.39 is 97.7 Å². The van der Waals surface area contributed by atoms with Crippen LogP contribution in [0, 0.1) is 0 Å². The lowest BCUT2D eigenvalue weighted by molar-refractivity contribution is -0.322. The molecule has 0 saturated carbocycles. The highest BCUT2D eigenvalue weighted by Gasteiger charge is 2.55. The van der Waals surface area contributed by atoms with Crippen molar-refractivity contribution in [2.24, 2.45) is 0 Å². The molecule has 3 aromatic carbocycles. The molecule has 1 amide bonds. The average molecular weight is 808 g/mol. The molecule has 15 nitrogen and oxygen atoms in total. The van der Waals surface area contributed by atoms with Gasteiger partial charge in [0.1, 0.15) is 37.1 Å². The zero-order valence-electron chi connectivity index (χ0n) is 33.3. The molecule has 15 heteroatoms. The van der Waals surface area contributed by atoms with Crippen LogP contribution in [0.5, 0.6) is 0 Å². The molecule has 314 valence electrons. The molecule has 0 bridgehead atoms. The van der Waals surface area contributed by atoms with E-state index in [1.807, 2.05) is 91.0 Å². The Morgan fingerprint density at radius 2 is 1.10 bits per heavy atom. The molecule has 3 aromatic rings. The number of ether oxygens (including phenoxy) is 9. The van der Waals surface area contributed by atoms with Gasteiger partial charge in [-0.3, -0.25) is 19.2 Å². The third-order valence-electron chi connectivity index (χ3n) is 9.69. The molecular weight excluding hydrogens is 754 g/mol. The van der Waals surface area contributed by atoms with Gasteiger partial charge in [0.25, 0.3) is 0 Å². The first kappa shape index (κ1) is 44.4. The Balaban J connectivity index is 1.51. The number of nitrogens with one attached hydrogen (secondary N) is 1. The molecule has 2 fully saturated rings. The minimum atomic E-state index is -1.48. The number of carbonyl (C=O) groups is 4. The van der Waals surface area contributed by atoms with E-state index in [1.165, 1.54) is 21.0 Å². The highest BCUT2D eigenvalue weighted by Crippen LogP contribution is 2.36. The van der Waals surface area contributed by atoms with Gasteiger partial charge in [-0.2, -0.15) is 0 Å². The van der Waals surface area contributed by atoms with E-state index in [0.29, 0.717) is 0 Å². The summed E-state index contributed by atoms with van der Waals surface area (Å²) >= 11 is 0. The predicted molar refractivity (Wildman–Crippen MR) is 205 cm³/mol. The van der Waals surface area contributed by atoms with Crippen LogP contribution in [0.3, 0.4) is 0 Å². The summed E-state index contributed by atoms with van der Waals surface area (Å²) in [6, 6.07) is 27.5. The zero-order chi connectivity index (χ0) is 41.6. The molecule has 2 N–H and O–H groups in total. The Morgan fingerprint density at radius 3 is 1.57 bits per heavy atom. The molecule has 1 unspecified atom stereocenters. The largest absolute Gasteiger partial charge is 0.463 e. The second-order valence-electron chi connectivity index (χ2n) is 14.2. The van der Waals surface area contributed by atoms with Crippen LogP contribution in [0.25, 0.3) is 0 Å². The van der Waals surface area contributed by atoms with Crippen molar-refractivity contribution in [2.75, 3.05) is 13.7 Å². The maximum Gasteiger partial charge on any atom is 0.303 e. The van der Waals surface area contributed by atoms with E-state index >= 15 is 0 Å². The van der Waals surface area contributed by atoms with Crippen LogP contribution < -0.4 is 5.32 Å². The summed E-state index contributed by atoms with van der Waals surface area (Å²) in [5.74, 6) is -2.70. The normalized spacial score (nSPS) is 27.5. The van der Waals surface area contributed by atoms with Gasteiger partial charge < -0.3 is 53.1 Å². The van der Waals surface area contributed by atoms with Gasteiger partial charge in [-0.1, -0.05) is 91.0 Å². The van der Waals surface area contributed by atoms with Crippen molar-refractivity contribution in [1.29, 1.82) is 0 Å². The Kier molecular flexibility index (Phi) is 16.7. The first-order valence-electron chi connectivity index (χ1n) is 19.2. The molecule has 2 aliphatic heterocycles. The molecule has 0 radical (unpaired) electrons. The lowest BCUT2D eigenvalue weighted by Crippen LogP contribution is -2.69. The summed E-state index contributed by atoms with van der Waals surface area (Å²) in [6.07, 6.45) is -11.4. The summed E-state index contributed by atoms with van der Waals surface area (Å²) in [5.41, 5.74) is 2.68. The summed E-state index contributed by atoms with van der Waals surface area (Å²) < 4.78 is 55.2. The number of carbonyl (C=O) groups excluding carboxylic acids is 4. The number of aliphatic hydroxyl groups excluding tert-OH is 1. The molecule has 2 saturated heterocycles. The van der Waals surface area contributed by atoms with E-state index in [0.717, 1.165) is 30.5 Å². The van der Waals surface area contributed by atoms with Crippen LogP contribution in [-0.4, -0.2) is 110 Å². The fraction of sp³-hybridized carbons (Fsp3) is 0.488. The Hall–Kier alpha value is -4.74. The molecule has 0 aliphatic carbocycles. The fourth-order valence-corrected chi connectivity index (χ4v) is 7.19. The summed E-state index contributed by atoms with van der Waals surface area (Å²) in [6.45, 7) is 4.84. The fourth-order valence-electron chi connectivity index (χ4n) is 7.19. The van der Waals surface area contributed by atoms with Crippen LogP contribution in [-0.2, 0) is 81.6 Å². The van der Waals surface area contributed by atoms with Crippen molar-refractivity contribution < 1.29 is 66.9 Å². The molecule has 58 heavy (non-hydrogen) atoms. The monoisotopic (exact) mass is 807 g/mol. The number of hydrogen-bond donors (Lipinski definition) is 2. The van der Waals surface area contributed by atoms with Crippen molar-refractivity contribution in [3.05, 3.63) is 108 Å². The minimum absolute atomic E-state index is 0.146. The summed E-state index contributed by atoms with van der Waals surface area (Å²) in [7, 11) is 1.48. The lowest BCUT2D eigenvalue weighted by Gasteiger charge is -2.49. The van der Waals surface area contributed by atoms with Gasteiger partial charge in [-0.25, -0.2) is 0 Å². The zero-order valence-corrected chi connectivity index (χ0v) is 33.3. The van der Waals surface area contributed by atoms with Crippen molar-refractivity contribution in [3.63, 3.8) is 0 Å². The third-order valence-corrected chi connectivity index (χ3v) is 9.69. The molecular formula is C43H53NO14. The van der Waals surface area contributed by atoms with Crippen LogP contribution in [0.15, 0.2) is 91.0 Å². The first-order valence-corrected chi connectivity index (χ1v) is 19.2. The number of rotatable bonds is 18. The van der Waals surface area contributed by atoms with Gasteiger partial charge >= 0.3 is 17.9 Å². The molecule has 11 atom stereocenters. The SMILES string of the molecule is CO[C@H]1O[C@H](CC(O)[C@@H]2O[C@H](COC(C)=O)[C@@H](OC(C)=O)[C@H](OC(C)=O)[C@H]2NC(C)=O)[C@@H](OCc2ccccc2)[C@H](OCc2ccccc2)[C@@H]1OCc1ccccc1. The van der Waals surface area contributed by atoms with Gasteiger partial charge in [-0.15, -0.1) is 0 Å². The topological polar surface area (TPSA) is 184 Å². The maximum absolute atomic E-state index is 12.7. The van der Waals surface area contributed by atoms with E-state index in [4.69, 9.17) is 42.6 Å². The van der Waals surface area contributed by atoms with Gasteiger partial charge in [-0.05, 0) is 16.7 Å². The van der Waals surface area contributed by atoms with Gasteiger partial charge in [0.05, 0.1) is 38.1 Å². The van der Waals surface area contributed by atoms with Gasteiger partial charge in [0, 0.05) is 41.2 Å². The Morgan fingerprint density at radius 1 is 0.621 bits per heavy atom. The van der Waals surface area contributed by atoms with Crippen LogP contribution in [0.4, 0.5) is 0 Å². The molecule has 0 aromatic heterocycles. The summed E-state index contributed by atoms with van der Waals surface area (Å²) in [4.78, 5) is 49.3. The molecule has 0 spiro atoms. The number of amides is 1. The highest BCUT2D eigenvalue weighted by atomic mass is 16.7. The van der Waals surface area contributed by atoms with E-state index in [1.54, 1.807) is 0 Å². The first-order chi connectivity index (χ1) is 27.9. The van der Waals surface area contributed by atoms with Crippen molar-refractivity contribution in [1.82, 2.24) is 5.32 Å². The van der Waals surface area contributed by atoms with Crippen molar-refractivity contribution >= 4 is 23.8 Å². The molecule has 2 aliphatic rings. The average Bonchev–Trinajstić information content (AvgIpc) is 3.20. The second-order valence-corrected chi connectivity index (χ2v) is 14.2. The van der Waals surface area contributed by atoms with E-state index in [2.05, 4.69) is 5.32 Å². The lowest BCUT2D eigenvalue weighted by atomic mass is 9.86. The standard InChI is InChI=1S/C43H53NO14/c1-26(45)44-36-37(57-35(25-51-27(2)46)39(55-28(3)47)40(36)56-29(4)48)33(49)21-34-38(52-22-30-15-9-6-10-16-30)41(53-23-31-17-11-7-12-18-31)42(43(50-5)58-34)54-24-32-19-13-8-14-20-32/h6-20,33-43,49H,21-25H2,1-5H3,(H,44,45)/t33?,34-,35-,36+,37+,38-,39-,40-,41+,42+,43+/m1/s1. The second kappa shape index (κ2) is 21.9. The number of benzene rings is 3. The minimum Gasteiger partial charge on any atom is -0.463 e. The third kappa shape index (κ3) is 12.6. The number of aliphatic hydroxyl groups is 1. The van der Waals surface area contributed by atoms with Gasteiger partial charge in [0.2, 0.25) is 5.91 Å². The Labute approximate surface area is 338 Å². The van der Waals surface area contributed by atoms with Crippen molar-refractivity contribution in [2.45, 2.75) is 121 Å².